The molecule has 9 aromatic carbocycles. The van der Waals surface area contributed by atoms with Gasteiger partial charge in [-0.3, -0.25) is 0 Å². The lowest BCUT2D eigenvalue weighted by molar-refractivity contribution is 0.794. The molecule has 0 atom stereocenters. The lowest BCUT2D eigenvalue weighted by Crippen LogP contribution is -2.25. The third kappa shape index (κ3) is 5.86. The van der Waals surface area contributed by atoms with Gasteiger partial charge in [-0.15, -0.1) is 0 Å². The normalized spacial score (nSPS) is 12.7. The van der Waals surface area contributed by atoms with Crippen molar-refractivity contribution in [2.24, 2.45) is 0 Å². The minimum atomic E-state index is -0.472. The first-order valence-corrected chi connectivity index (χ1v) is 22.3. The number of hydrogen-bond acceptors (Lipinski definition) is 3. The monoisotopic (exact) mass is 825 g/mol. The standard InChI is InChI=1S/C62H39N3/c1-4-17-40(18-5-1)41-31-33-44(34-32-41)57-37-50(45-23-16-24-46(35-45)61-64-58(42-19-6-2-7-20-42)39-59(65-61)43-21-8-3-9-22-43)52-36-51-49-27-12-15-30-55(49)62(56(51)38-60(52)63-57)53-28-13-10-25-47(53)48-26-11-14-29-54(48)62/h1-39H. The van der Waals surface area contributed by atoms with Crippen LogP contribution < -0.4 is 0 Å². The van der Waals surface area contributed by atoms with Gasteiger partial charge in [0.05, 0.1) is 28.0 Å². The largest absolute Gasteiger partial charge is 0.248 e. The number of fused-ring (bicyclic) bond motifs is 11. The fourth-order valence-corrected chi connectivity index (χ4v) is 10.6. The lowest BCUT2D eigenvalue weighted by Gasteiger charge is -2.30. The Morgan fingerprint density at radius 3 is 1.26 bits per heavy atom. The first-order valence-electron chi connectivity index (χ1n) is 22.3. The summed E-state index contributed by atoms with van der Waals surface area (Å²) in [5.41, 5.74) is 22.1. The summed E-state index contributed by atoms with van der Waals surface area (Å²) in [6.45, 7) is 0. The Balaban J connectivity index is 1.05. The molecular weight excluding hydrogens is 787 g/mol. The molecule has 0 N–H and O–H groups in total. The van der Waals surface area contributed by atoms with Gasteiger partial charge < -0.3 is 0 Å². The van der Waals surface area contributed by atoms with Crippen LogP contribution in [0.5, 0.6) is 0 Å². The van der Waals surface area contributed by atoms with Crippen molar-refractivity contribution in [3.05, 3.63) is 259 Å². The fourth-order valence-electron chi connectivity index (χ4n) is 10.6. The lowest BCUT2D eigenvalue weighted by atomic mass is 9.70. The zero-order valence-electron chi connectivity index (χ0n) is 35.4. The van der Waals surface area contributed by atoms with Crippen LogP contribution in [0.4, 0.5) is 0 Å². The molecule has 2 aliphatic carbocycles. The summed E-state index contributed by atoms with van der Waals surface area (Å²) < 4.78 is 0. The highest BCUT2D eigenvalue weighted by molar-refractivity contribution is 6.04. The molecule has 3 nitrogen and oxygen atoms in total. The molecule has 11 aromatic rings. The molecule has 0 saturated carbocycles. The highest BCUT2D eigenvalue weighted by atomic mass is 14.9. The summed E-state index contributed by atoms with van der Waals surface area (Å²) in [4.78, 5) is 16.0. The van der Waals surface area contributed by atoms with E-state index in [0.717, 1.165) is 61.4 Å². The van der Waals surface area contributed by atoms with Gasteiger partial charge >= 0.3 is 0 Å². The molecule has 65 heavy (non-hydrogen) atoms. The molecular formula is C62H39N3. The van der Waals surface area contributed by atoms with Gasteiger partial charge in [0.25, 0.3) is 0 Å². The molecule has 302 valence electrons. The second-order valence-corrected chi connectivity index (χ2v) is 17.1. The number of aromatic nitrogens is 3. The van der Waals surface area contributed by atoms with Gasteiger partial charge in [0, 0.05) is 27.6 Å². The Bertz CT molecular complexity index is 3530. The van der Waals surface area contributed by atoms with Crippen molar-refractivity contribution in [1.82, 2.24) is 15.0 Å². The van der Waals surface area contributed by atoms with Gasteiger partial charge in [-0.2, -0.15) is 0 Å². The van der Waals surface area contributed by atoms with E-state index in [1.807, 2.05) is 12.1 Å². The van der Waals surface area contributed by atoms with E-state index in [0.29, 0.717) is 5.82 Å². The van der Waals surface area contributed by atoms with Crippen LogP contribution in [0.15, 0.2) is 237 Å². The van der Waals surface area contributed by atoms with Gasteiger partial charge in [-0.25, -0.2) is 15.0 Å². The summed E-state index contributed by atoms with van der Waals surface area (Å²) >= 11 is 0. The number of benzene rings is 9. The van der Waals surface area contributed by atoms with Crippen LogP contribution in [0.1, 0.15) is 22.3 Å². The summed E-state index contributed by atoms with van der Waals surface area (Å²) in [7, 11) is 0. The highest BCUT2D eigenvalue weighted by Gasteiger charge is 2.51. The van der Waals surface area contributed by atoms with Crippen molar-refractivity contribution >= 4 is 10.9 Å². The molecule has 1 spiro atoms. The average Bonchev–Trinajstić information content (AvgIpc) is 3.85. The van der Waals surface area contributed by atoms with Crippen LogP contribution in [0.3, 0.4) is 0 Å². The zero-order valence-corrected chi connectivity index (χ0v) is 35.4. The molecule has 0 saturated heterocycles. The Morgan fingerprint density at radius 2 is 0.677 bits per heavy atom. The Labute approximate surface area is 378 Å². The van der Waals surface area contributed by atoms with Gasteiger partial charge in [-0.1, -0.05) is 206 Å². The number of rotatable bonds is 6. The predicted molar refractivity (Wildman–Crippen MR) is 266 cm³/mol. The third-order valence-electron chi connectivity index (χ3n) is 13.5. The predicted octanol–water partition coefficient (Wildman–Crippen LogP) is 15.4. The Kier molecular flexibility index (Phi) is 8.44. The van der Waals surface area contributed by atoms with E-state index in [-0.39, 0.29) is 0 Å². The number of hydrogen-bond donors (Lipinski definition) is 0. The van der Waals surface area contributed by atoms with E-state index in [9.17, 15) is 0 Å². The van der Waals surface area contributed by atoms with E-state index >= 15 is 0 Å². The topological polar surface area (TPSA) is 38.7 Å². The van der Waals surface area contributed by atoms with Crippen molar-refractivity contribution < 1.29 is 0 Å². The molecule has 0 unspecified atom stereocenters. The summed E-state index contributed by atoms with van der Waals surface area (Å²) in [6.07, 6.45) is 0. The van der Waals surface area contributed by atoms with E-state index in [4.69, 9.17) is 15.0 Å². The Hall–Kier alpha value is -8.53. The Morgan fingerprint density at radius 1 is 0.246 bits per heavy atom. The summed E-state index contributed by atoms with van der Waals surface area (Å²) in [5, 5.41) is 1.10. The van der Waals surface area contributed by atoms with Crippen molar-refractivity contribution in [2.75, 3.05) is 0 Å². The maximum Gasteiger partial charge on any atom is 0.160 e. The quantitative estimate of drug-likeness (QED) is 0.168. The molecule has 2 aromatic heterocycles. The maximum absolute atomic E-state index is 5.59. The summed E-state index contributed by atoms with van der Waals surface area (Å²) in [6, 6.07) is 85.0. The van der Waals surface area contributed by atoms with Crippen LogP contribution >= 0.6 is 0 Å². The van der Waals surface area contributed by atoms with Gasteiger partial charge in [0.15, 0.2) is 5.82 Å². The third-order valence-corrected chi connectivity index (χ3v) is 13.5. The smallest absolute Gasteiger partial charge is 0.160 e. The SMILES string of the molecule is c1ccc(-c2ccc(-c3cc(-c4cccc(-c5nc(-c6ccccc6)cc(-c6ccccc6)n5)c4)c4cc5c(cc4n3)C3(c4ccccc4-c4ccccc43)c3ccccc3-5)cc2)cc1. The number of nitrogens with zero attached hydrogens (tertiary/aromatic N) is 3. The van der Waals surface area contributed by atoms with Crippen molar-refractivity contribution in [3.8, 4) is 89.7 Å². The van der Waals surface area contributed by atoms with Crippen LogP contribution in [0, 0.1) is 0 Å². The molecule has 13 rings (SSSR count). The maximum atomic E-state index is 5.59. The molecule has 0 fully saturated rings. The van der Waals surface area contributed by atoms with Crippen molar-refractivity contribution in [3.63, 3.8) is 0 Å². The zero-order chi connectivity index (χ0) is 42.9. The summed E-state index contributed by atoms with van der Waals surface area (Å²) in [5.74, 6) is 0.678. The van der Waals surface area contributed by atoms with Gasteiger partial charge in [-0.05, 0) is 97.1 Å². The van der Waals surface area contributed by atoms with Crippen LogP contribution in [-0.2, 0) is 5.41 Å². The average molecular weight is 826 g/mol. The van der Waals surface area contributed by atoms with Crippen molar-refractivity contribution in [2.45, 2.75) is 5.41 Å². The van der Waals surface area contributed by atoms with E-state index in [1.165, 1.54) is 55.6 Å². The second-order valence-electron chi connectivity index (χ2n) is 17.1. The van der Waals surface area contributed by atoms with Gasteiger partial charge in [0.2, 0.25) is 0 Å². The molecule has 0 bridgehead atoms. The molecule has 0 aliphatic heterocycles. The van der Waals surface area contributed by atoms with Crippen LogP contribution in [0.25, 0.3) is 101 Å². The minimum Gasteiger partial charge on any atom is -0.248 e. The highest BCUT2D eigenvalue weighted by Crippen LogP contribution is 2.63. The van der Waals surface area contributed by atoms with Gasteiger partial charge in [0.1, 0.15) is 0 Å². The molecule has 3 heteroatoms. The van der Waals surface area contributed by atoms with E-state index < -0.39 is 5.41 Å². The first-order chi connectivity index (χ1) is 32.2. The fraction of sp³-hybridized carbons (Fsp3) is 0.0161. The molecule has 2 heterocycles. The minimum absolute atomic E-state index is 0.472. The van der Waals surface area contributed by atoms with Crippen LogP contribution in [0.2, 0.25) is 0 Å². The molecule has 2 aliphatic rings. The first kappa shape index (κ1) is 37.1. The molecule has 0 amide bonds. The van der Waals surface area contributed by atoms with E-state index in [2.05, 4.69) is 224 Å². The molecule has 0 radical (unpaired) electrons. The van der Waals surface area contributed by atoms with Crippen LogP contribution in [-0.4, -0.2) is 15.0 Å². The van der Waals surface area contributed by atoms with E-state index in [1.54, 1.807) is 0 Å². The second kappa shape index (κ2) is 14.8. The van der Waals surface area contributed by atoms with Crippen molar-refractivity contribution in [1.29, 1.82) is 0 Å². The number of pyridine rings is 1.